The number of anilines is 1. The van der Waals surface area contributed by atoms with Crippen LogP contribution >= 0.6 is 0 Å². The minimum Gasteiger partial charge on any atom is -0.451 e. The second-order valence-corrected chi connectivity index (χ2v) is 13.3. The molecule has 0 saturated carbocycles. The molecule has 0 bridgehead atoms. The van der Waals surface area contributed by atoms with Crippen LogP contribution in [0.4, 0.5) is 14.9 Å². The molecule has 2 N–H and O–H groups in total. The summed E-state index contributed by atoms with van der Waals surface area (Å²) in [6.07, 6.45) is 3.83. The van der Waals surface area contributed by atoms with Gasteiger partial charge in [-0.15, -0.1) is 0 Å². The average molecular weight is 628 g/mol. The van der Waals surface area contributed by atoms with E-state index in [0.29, 0.717) is 36.5 Å². The summed E-state index contributed by atoms with van der Waals surface area (Å²) in [4.78, 5) is 44.1. The van der Waals surface area contributed by atoms with Crippen molar-refractivity contribution in [2.24, 2.45) is 0 Å². The van der Waals surface area contributed by atoms with Crippen LogP contribution in [0.1, 0.15) is 50.4 Å². The quantitative estimate of drug-likeness (QED) is 0.251. The summed E-state index contributed by atoms with van der Waals surface area (Å²) < 4.78 is 29.5. The molecule has 1 atom stereocenters. The van der Waals surface area contributed by atoms with Crippen LogP contribution in [0.2, 0.25) is 0 Å². The third kappa shape index (κ3) is 5.64. The maximum absolute atomic E-state index is 15.9. The van der Waals surface area contributed by atoms with E-state index < -0.39 is 28.8 Å². The largest absolute Gasteiger partial charge is 0.451 e. The van der Waals surface area contributed by atoms with Crippen LogP contribution in [0.5, 0.6) is 11.5 Å². The summed E-state index contributed by atoms with van der Waals surface area (Å²) in [5.41, 5.74) is -0.0652. The number of benzene rings is 3. The number of pyridine rings is 1. The third-order valence-electron chi connectivity index (χ3n) is 8.85. The zero-order valence-electron chi connectivity index (χ0n) is 26.3. The molecule has 10 nitrogen and oxygen atoms in total. The Kier molecular flexibility index (Phi) is 7.59. The van der Waals surface area contributed by atoms with E-state index >= 15 is 4.39 Å². The van der Waals surface area contributed by atoms with Gasteiger partial charge in [0.15, 0.2) is 17.3 Å². The molecule has 7 rings (SSSR count). The molecule has 0 radical (unpaired) electrons. The highest BCUT2D eigenvalue weighted by Gasteiger charge is 2.33. The highest BCUT2D eigenvalue weighted by molar-refractivity contribution is 6.02. The molecule has 4 aromatic rings. The number of hydrogen-bond donors (Lipinski definition) is 2. The maximum Gasteiger partial charge on any atom is 0.407 e. The molecule has 4 heterocycles. The van der Waals surface area contributed by atoms with Crippen LogP contribution < -0.4 is 20.8 Å². The van der Waals surface area contributed by atoms with E-state index in [9.17, 15) is 14.4 Å². The van der Waals surface area contributed by atoms with Gasteiger partial charge in [-0.3, -0.25) is 9.59 Å². The Balaban J connectivity index is 1.27. The van der Waals surface area contributed by atoms with Gasteiger partial charge in [-0.05, 0) is 82.1 Å². The van der Waals surface area contributed by atoms with Crippen molar-refractivity contribution in [3.8, 4) is 17.2 Å². The number of ether oxygens (including phenoxy) is 2. The molecule has 1 aromatic heterocycles. The summed E-state index contributed by atoms with van der Waals surface area (Å²) in [6.45, 7) is 9.24. The number of fused-ring (bicyclic) bond motifs is 3. The molecule has 0 spiro atoms. The van der Waals surface area contributed by atoms with Crippen molar-refractivity contribution in [1.82, 2.24) is 19.7 Å². The summed E-state index contributed by atoms with van der Waals surface area (Å²) in [7, 11) is 0. The molecule has 2 saturated heterocycles. The summed E-state index contributed by atoms with van der Waals surface area (Å²) >= 11 is 0. The van der Waals surface area contributed by atoms with Crippen LogP contribution in [0.3, 0.4) is 0 Å². The fraction of sp³-hybridized carbons (Fsp3) is 0.400. The topological polar surface area (TPSA) is 105 Å². The van der Waals surface area contributed by atoms with Crippen LogP contribution in [-0.4, -0.2) is 77.3 Å². The Hall–Kier alpha value is -4.64. The molecule has 11 heteroatoms. The normalized spacial score (nSPS) is 17.7. The lowest BCUT2D eigenvalue weighted by atomic mass is 10.0. The minimum absolute atomic E-state index is 0.0601. The van der Waals surface area contributed by atoms with Crippen LogP contribution in [0.25, 0.3) is 27.4 Å². The van der Waals surface area contributed by atoms with Crippen LogP contribution in [0, 0.1) is 5.82 Å². The number of alkyl carbamates (subject to hydrolysis) is 1. The SMILES string of the molecule is CC(C)(C)OC(=O)N[C@@H]1CCN(C(=O)c2cn3c4c(c(NCCN5CCCC5)c(F)cc4c2=O)Oc2cc4ccccc4cc2-3)C1. The molecule has 0 unspecified atom stereocenters. The highest BCUT2D eigenvalue weighted by atomic mass is 19.1. The molecule has 2 fully saturated rings. The van der Waals surface area contributed by atoms with Gasteiger partial charge in [0, 0.05) is 32.4 Å². The van der Waals surface area contributed by atoms with E-state index in [1.807, 2.05) is 36.4 Å². The van der Waals surface area contributed by atoms with Crippen molar-refractivity contribution in [3.63, 3.8) is 0 Å². The van der Waals surface area contributed by atoms with Crippen molar-refractivity contribution < 1.29 is 23.5 Å². The predicted molar refractivity (Wildman–Crippen MR) is 175 cm³/mol. The lowest BCUT2D eigenvalue weighted by Gasteiger charge is -2.27. The number of hydrogen-bond acceptors (Lipinski definition) is 7. The first-order valence-corrected chi connectivity index (χ1v) is 15.9. The molecule has 3 aromatic carbocycles. The number of carbonyl (C=O) groups excluding carboxylic acids is 2. The number of carbonyl (C=O) groups is 2. The second-order valence-electron chi connectivity index (χ2n) is 13.3. The van der Waals surface area contributed by atoms with Crippen LogP contribution in [-0.2, 0) is 4.74 Å². The average Bonchev–Trinajstić information content (AvgIpc) is 3.70. The third-order valence-corrected chi connectivity index (χ3v) is 8.85. The Morgan fingerprint density at radius 3 is 2.54 bits per heavy atom. The number of nitrogens with zero attached hydrogens (tertiary/aromatic N) is 3. The van der Waals surface area contributed by atoms with E-state index in [2.05, 4.69) is 15.5 Å². The number of amides is 2. The molecule has 3 aliphatic heterocycles. The predicted octanol–water partition coefficient (Wildman–Crippen LogP) is 5.64. The number of rotatable bonds is 6. The zero-order valence-corrected chi connectivity index (χ0v) is 26.3. The van der Waals surface area contributed by atoms with Gasteiger partial charge < -0.3 is 34.5 Å². The fourth-order valence-electron chi connectivity index (χ4n) is 6.67. The van der Waals surface area contributed by atoms with Gasteiger partial charge in [0.2, 0.25) is 5.43 Å². The zero-order chi connectivity index (χ0) is 32.2. The first-order chi connectivity index (χ1) is 22.1. The van der Waals surface area contributed by atoms with E-state index in [0.717, 1.165) is 43.2 Å². The van der Waals surface area contributed by atoms with Gasteiger partial charge in [-0.2, -0.15) is 0 Å². The van der Waals surface area contributed by atoms with E-state index in [1.54, 1.807) is 36.4 Å². The summed E-state index contributed by atoms with van der Waals surface area (Å²) in [6, 6.07) is 12.6. The minimum atomic E-state index is -0.651. The van der Waals surface area contributed by atoms with Crippen molar-refractivity contribution in [2.45, 2.75) is 51.7 Å². The molecule has 0 aliphatic carbocycles. The Morgan fingerprint density at radius 2 is 1.80 bits per heavy atom. The van der Waals surface area contributed by atoms with E-state index in [-0.39, 0.29) is 35.0 Å². The number of aromatic nitrogens is 1. The Morgan fingerprint density at radius 1 is 1.07 bits per heavy atom. The van der Waals surface area contributed by atoms with Crippen molar-refractivity contribution in [3.05, 3.63) is 70.3 Å². The van der Waals surface area contributed by atoms with Crippen LogP contribution in [0.15, 0.2) is 53.5 Å². The molecule has 3 aliphatic rings. The van der Waals surface area contributed by atoms with E-state index in [4.69, 9.17) is 9.47 Å². The van der Waals surface area contributed by atoms with Gasteiger partial charge in [0.1, 0.15) is 22.4 Å². The summed E-state index contributed by atoms with van der Waals surface area (Å²) in [5, 5.41) is 8.02. The maximum atomic E-state index is 15.9. The fourth-order valence-corrected chi connectivity index (χ4v) is 6.67. The lowest BCUT2D eigenvalue weighted by molar-refractivity contribution is 0.0502. The van der Waals surface area contributed by atoms with Gasteiger partial charge >= 0.3 is 6.09 Å². The Labute approximate surface area is 266 Å². The second kappa shape index (κ2) is 11.6. The summed E-state index contributed by atoms with van der Waals surface area (Å²) in [5.74, 6) is -0.388. The van der Waals surface area contributed by atoms with Gasteiger partial charge in [-0.25, -0.2) is 9.18 Å². The van der Waals surface area contributed by atoms with Gasteiger partial charge in [-0.1, -0.05) is 24.3 Å². The molecule has 46 heavy (non-hydrogen) atoms. The van der Waals surface area contributed by atoms with E-state index in [1.165, 1.54) is 6.07 Å². The first kappa shape index (κ1) is 30.0. The number of nitrogens with one attached hydrogen (secondary N) is 2. The number of likely N-dealkylation sites (tertiary alicyclic amines) is 2. The monoisotopic (exact) mass is 627 g/mol. The molecular weight excluding hydrogens is 589 g/mol. The van der Waals surface area contributed by atoms with Crippen molar-refractivity contribution in [2.75, 3.05) is 44.6 Å². The van der Waals surface area contributed by atoms with Crippen molar-refractivity contribution >= 4 is 39.4 Å². The molecule has 2 amide bonds. The molecule has 240 valence electrons. The Bertz CT molecular complexity index is 1930. The first-order valence-electron chi connectivity index (χ1n) is 15.9. The lowest BCUT2D eigenvalue weighted by Crippen LogP contribution is -2.41. The van der Waals surface area contributed by atoms with Crippen molar-refractivity contribution in [1.29, 1.82) is 0 Å². The van der Waals surface area contributed by atoms with Gasteiger partial charge in [0.25, 0.3) is 5.91 Å². The highest BCUT2D eigenvalue weighted by Crippen LogP contribution is 2.46. The molecular formula is C35H38FN5O5. The van der Waals surface area contributed by atoms with Gasteiger partial charge in [0.05, 0.1) is 17.1 Å². The smallest absolute Gasteiger partial charge is 0.407 e. The standard InChI is InChI=1S/C35H38FN5O5/c1-35(2,3)46-34(44)38-23-10-14-40(19-23)33(43)25-20-41-27-16-21-8-4-5-9-22(21)17-28(27)45-32-29(37-11-15-39-12-6-7-13-39)26(36)18-24(30(32)41)31(25)42/h4-5,8-9,16-18,20,23,37H,6-7,10-15,19H2,1-3H3,(H,38,44)/t23-/m1/s1. The number of halogens is 1.